The van der Waals surface area contributed by atoms with Gasteiger partial charge in [0.15, 0.2) is 0 Å². The minimum absolute atomic E-state index is 0.103. The van der Waals surface area contributed by atoms with E-state index in [2.05, 4.69) is 24.0 Å². The highest BCUT2D eigenvalue weighted by molar-refractivity contribution is 5.87. The van der Waals surface area contributed by atoms with Crippen LogP contribution in [-0.2, 0) is 17.8 Å². The van der Waals surface area contributed by atoms with Gasteiger partial charge in [-0.25, -0.2) is 0 Å². The molecule has 0 fully saturated rings. The van der Waals surface area contributed by atoms with Crippen molar-refractivity contribution in [3.8, 4) is 0 Å². The van der Waals surface area contributed by atoms with Crippen LogP contribution in [0.2, 0.25) is 0 Å². The number of pyridine rings is 1. The molecule has 0 aliphatic rings. The zero-order valence-corrected chi connectivity index (χ0v) is 13.5. The summed E-state index contributed by atoms with van der Waals surface area (Å²) in [7, 11) is 1.85. The van der Waals surface area contributed by atoms with Gasteiger partial charge in [-0.2, -0.15) is 0 Å². The lowest BCUT2D eigenvalue weighted by molar-refractivity contribution is -0.129. The maximum absolute atomic E-state index is 12.6. The first-order chi connectivity index (χ1) is 11.1. The number of aryl methyl sites for hydroxylation is 1. The van der Waals surface area contributed by atoms with E-state index in [4.69, 9.17) is 0 Å². The Balaban J connectivity index is 1.77. The third-order valence-corrected chi connectivity index (χ3v) is 4.15. The standard InChI is InChI=1S/C20H20N2O/c1-15-7-3-4-8-18(15)14-22(2)19(23)13-17-10-5-9-16-11-6-12-21-20(16)17/h3-12H,13-14H2,1-2H3. The lowest BCUT2D eigenvalue weighted by atomic mass is 10.1. The predicted molar refractivity (Wildman–Crippen MR) is 93.1 cm³/mol. The van der Waals surface area contributed by atoms with Crippen LogP contribution in [0.25, 0.3) is 10.9 Å². The van der Waals surface area contributed by atoms with E-state index in [-0.39, 0.29) is 5.91 Å². The molecule has 0 atom stereocenters. The molecule has 1 heterocycles. The summed E-state index contributed by atoms with van der Waals surface area (Å²) in [6, 6.07) is 18.1. The number of benzene rings is 2. The van der Waals surface area contributed by atoms with Crippen molar-refractivity contribution in [2.45, 2.75) is 19.9 Å². The van der Waals surface area contributed by atoms with Crippen LogP contribution < -0.4 is 0 Å². The highest BCUT2D eigenvalue weighted by Gasteiger charge is 2.13. The van der Waals surface area contributed by atoms with E-state index < -0.39 is 0 Å². The van der Waals surface area contributed by atoms with Gasteiger partial charge in [0.2, 0.25) is 5.91 Å². The number of fused-ring (bicyclic) bond motifs is 1. The summed E-state index contributed by atoms with van der Waals surface area (Å²) in [5.41, 5.74) is 4.27. The fraction of sp³-hybridized carbons (Fsp3) is 0.200. The molecule has 116 valence electrons. The van der Waals surface area contributed by atoms with Gasteiger partial charge in [-0.05, 0) is 29.7 Å². The molecule has 0 radical (unpaired) electrons. The Hall–Kier alpha value is -2.68. The molecule has 0 N–H and O–H groups in total. The third kappa shape index (κ3) is 3.39. The molecule has 0 aliphatic heterocycles. The average molecular weight is 304 g/mol. The van der Waals surface area contributed by atoms with E-state index in [0.717, 1.165) is 16.5 Å². The number of carbonyl (C=O) groups is 1. The minimum atomic E-state index is 0.103. The minimum Gasteiger partial charge on any atom is -0.341 e. The second-order valence-electron chi connectivity index (χ2n) is 5.85. The number of nitrogens with zero attached hydrogens (tertiary/aromatic N) is 2. The normalized spacial score (nSPS) is 10.7. The monoisotopic (exact) mass is 304 g/mol. The van der Waals surface area contributed by atoms with Gasteiger partial charge < -0.3 is 4.90 Å². The SMILES string of the molecule is Cc1ccccc1CN(C)C(=O)Cc1cccc2cccnc12. The summed E-state index contributed by atoms with van der Waals surface area (Å²) in [6.07, 6.45) is 2.14. The predicted octanol–water partition coefficient (Wildman–Crippen LogP) is 3.74. The van der Waals surface area contributed by atoms with Crippen molar-refractivity contribution >= 4 is 16.8 Å². The Bertz CT molecular complexity index is 836. The second-order valence-corrected chi connectivity index (χ2v) is 5.85. The van der Waals surface area contributed by atoms with Gasteiger partial charge in [-0.15, -0.1) is 0 Å². The molecule has 3 nitrogen and oxygen atoms in total. The Morgan fingerprint density at radius 3 is 2.57 bits per heavy atom. The number of rotatable bonds is 4. The zero-order chi connectivity index (χ0) is 16.2. The first kappa shape index (κ1) is 15.2. The molecule has 3 heteroatoms. The van der Waals surface area contributed by atoms with Crippen LogP contribution in [0.4, 0.5) is 0 Å². The number of amides is 1. The van der Waals surface area contributed by atoms with Crippen molar-refractivity contribution in [3.63, 3.8) is 0 Å². The molecule has 0 bridgehead atoms. The van der Waals surface area contributed by atoms with Gasteiger partial charge in [0.1, 0.15) is 0 Å². The van der Waals surface area contributed by atoms with Crippen molar-refractivity contribution in [1.82, 2.24) is 9.88 Å². The van der Waals surface area contributed by atoms with E-state index in [9.17, 15) is 4.79 Å². The summed E-state index contributed by atoms with van der Waals surface area (Å²) >= 11 is 0. The lowest BCUT2D eigenvalue weighted by Crippen LogP contribution is -2.28. The molecule has 3 rings (SSSR count). The summed E-state index contributed by atoms with van der Waals surface area (Å²) in [5.74, 6) is 0.103. The molecule has 0 unspecified atom stereocenters. The molecule has 1 aromatic heterocycles. The Labute approximate surface area is 136 Å². The third-order valence-electron chi connectivity index (χ3n) is 4.15. The summed E-state index contributed by atoms with van der Waals surface area (Å²) < 4.78 is 0. The summed E-state index contributed by atoms with van der Waals surface area (Å²) in [4.78, 5) is 18.8. The first-order valence-electron chi connectivity index (χ1n) is 7.76. The maximum atomic E-state index is 12.6. The number of aromatic nitrogens is 1. The van der Waals surface area contributed by atoms with E-state index in [1.165, 1.54) is 11.1 Å². The van der Waals surface area contributed by atoms with Crippen molar-refractivity contribution in [1.29, 1.82) is 0 Å². The van der Waals surface area contributed by atoms with Gasteiger partial charge in [-0.3, -0.25) is 9.78 Å². The summed E-state index contributed by atoms with van der Waals surface area (Å²) in [6.45, 7) is 2.70. The molecule has 0 spiro atoms. The van der Waals surface area contributed by atoms with Crippen LogP contribution in [0.5, 0.6) is 0 Å². The van der Waals surface area contributed by atoms with Crippen LogP contribution >= 0.6 is 0 Å². The van der Waals surface area contributed by atoms with Gasteiger partial charge >= 0.3 is 0 Å². The van der Waals surface area contributed by atoms with Crippen LogP contribution in [0, 0.1) is 6.92 Å². The topological polar surface area (TPSA) is 33.2 Å². The molecule has 0 saturated carbocycles. The van der Waals surface area contributed by atoms with Crippen molar-refractivity contribution in [2.24, 2.45) is 0 Å². The van der Waals surface area contributed by atoms with Crippen molar-refractivity contribution in [3.05, 3.63) is 77.5 Å². The molecular weight excluding hydrogens is 284 g/mol. The Kier molecular flexibility index (Phi) is 4.38. The van der Waals surface area contributed by atoms with Gasteiger partial charge in [0.05, 0.1) is 11.9 Å². The fourth-order valence-electron chi connectivity index (χ4n) is 2.74. The van der Waals surface area contributed by atoms with Gasteiger partial charge in [0.25, 0.3) is 0 Å². The van der Waals surface area contributed by atoms with Crippen molar-refractivity contribution < 1.29 is 4.79 Å². The zero-order valence-electron chi connectivity index (χ0n) is 13.5. The summed E-state index contributed by atoms with van der Waals surface area (Å²) in [5, 5.41) is 1.07. The highest BCUT2D eigenvalue weighted by Crippen LogP contribution is 2.17. The molecular formula is C20H20N2O. The second kappa shape index (κ2) is 6.61. The Morgan fingerprint density at radius 1 is 1.00 bits per heavy atom. The number of carbonyl (C=O) groups excluding carboxylic acids is 1. The molecule has 0 aliphatic carbocycles. The van der Waals surface area contributed by atoms with Crippen LogP contribution in [0.15, 0.2) is 60.8 Å². The van der Waals surface area contributed by atoms with Crippen LogP contribution in [-0.4, -0.2) is 22.8 Å². The van der Waals surface area contributed by atoms with Gasteiger partial charge in [-0.1, -0.05) is 48.5 Å². The number of likely N-dealkylation sites (N-methyl/N-ethyl adjacent to an activating group) is 1. The van der Waals surface area contributed by atoms with Crippen LogP contribution in [0.1, 0.15) is 16.7 Å². The maximum Gasteiger partial charge on any atom is 0.227 e. The lowest BCUT2D eigenvalue weighted by Gasteiger charge is -2.19. The average Bonchev–Trinajstić information content (AvgIpc) is 2.57. The van der Waals surface area contributed by atoms with Crippen LogP contribution in [0.3, 0.4) is 0 Å². The molecule has 0 saturated heterocycles. The largest absolute Gasteiger partial charge is 0.341 e. The van der Waals surface area contributed by atoms with Gasteiger partial charge in [0, 0.05) is 25.2 Å². The smallest absolute Gasteiger partial charge is 0.227 e. The van der Waals surface area contributed by atoms with E-state index in [0.29, 0.717) is 13.0 Å². The number of para-hydroxylation sites is 1. The fourth-order valence-corrected chi connectivity index (χ4v) is 2.74. The Morgan fingerprint density at radius 2 is 1.74 bits per heavy atom. The van der Waals surface area contributed by atoms with E-state index in [1.807, 2.05) is 49.5 Å². The molecule has 2 aromatic carbocycles. The number of hydrogen-bond acceptors (Lipinski definition) is 2. The number of hydrogen-bond donors (Lipinski definition) is 0. The highest BCUT2D eigenvalue weighted by atomic mass is 16.2. The molecule has 23 heavy (non-hydrogen) atoms. The first-order valence-corrected chi connectivity index (χ1v) is 7.76. The van der Waals surface area contributed by atoms with Crippen molar-refractivity contribution in [2.75, 3.05) is 7.05 Å². The molecule has 3 aromatic rings. The quantitative estimate of drug-likeness (QED) is 0.735. The van der Waals surface area contributed by atoms with E-state index >= 15 is 0 Å². The molecule has 1 amide bonds. The van der Waals surface area contributed by atoms with E-state index in [1.54, 1.807) is 11.1 Å².